The Labute approximate surface area is 210 Å². The lowest BCUT2D eigenvalue weighted by Gasteiger charge is -2.38. The molecule has 0 spiro atoms. The smallest absolute Gasteiger partial charge is 0.422 e. The Balaban J connectivity index is 1.57. The fourth-order valence-electron chi connectivity index (χ4n) is 3.72. The van der Waals surface area contributed by atoms with Crippen LogP contribution in [0.3, 0.4) is 0 Å². The van der Waals surface area contributed by atoms with Crippen molar-refractivity contribution in [1.82, 2.24) is 19.9 Å². The highest BCUT2D eigenvalue weighted by atomic mass is 32.2. The minimum absolute atomic E-state index is 0.0464. The lowest BCUT2D eigenvalue weighted by atomic mass is 10.1. The monoisotopic (exact) mass is 568 g/mol. The number of amides is 1. The van der Waals surface area contributed by atoms with Gasteiger partial charge in [0.25, 0.3) is 11.8 Å². The number of halogens is 6. The standard InChI is InChI=1S/C21H18F6N4O6S/c1-19(9-38(34,35)10-19)29-17(33)14-6-12-5-13(2-3-31(12)30-14)37-18-15(36-8-20(22,23)24)4-11(7-28-18)16(32)21(25,26)27/h2-7,16,32H,8-10H2,1H3,(H,29,33)/t16-/m1/s1. The van der Waals surface area contributed by atoms with E-state index in [0.717, 1.165) is 0 Å². The number of fused-ring (bicyclic) bond motifs is 1. The lowest BCUT2D eigenvalue weighted by Crippen LogP contribution is -2.63. The van der Waals surface area contributed by atoms with Crippen LogP contribution in [-0.4, -0.2) is 70.0 Å². The summed E-state index contributed by atoms with van der Waals surface area (Å²) in [6.45, 7) is -0.297. The van der Waals surface area contributed by atoms with Crippen molar-refractivity contribution >= 4 is 21.3 Å². The van der Waals surface area contributed by atoms with Crippen LogP contribution in [0.5, 0.6) is 17.4 Å². The van der Waals surface area contributed by atoms with Crippen LogP contribution < -0.4 is 14.8 Å². The van der Waals surface area contributed by atoms with Gasteiger partial charge in [-0.15, -0.1) is 0 Å². The van der Waals surface area contributed by atoms with Crippen molar-refractivity contribution in [2.24, 2.45) is 0 Å². The fraction of sp³-hybridized carbons (Fsp3) is 0.381. The molecule has 0 aromatic carbocycles. The summed E-state index contributed by atoms with van der Waals surface area (Å²) in [4.78, 5) is 16.1. The molecule has 10 nitrogen and oxygen atoms in total. The topological polar surface area (TPSA) is 132 Å². The molecule has 1 fully saturated rings. The van der Waals surface area contributed by atoms with Crippen molar-refractivity contribution < 1.29 is 54.1 Å². The third-order valence-corrected chi connectivity index (χ3v) is 7.38. The third-order valence-electron chi connectivity index (χ3n) is 5.23. The van der Waals surface area contributed by atoms with E-state index in [-0.39, 0.29) is 28.5 Å². The van der Waals surface area contributed by atoms with E-state index < -0.39 is 63.5 Å². The number of rotatable bonds is 7. The Morgan fingerprint density at radius 2 is 1.89 bits per heavy atom. The number of aliphatic hydroxyl groups is 1. The predicted octanol–water partition coefficient (Wildman–Crippen LogP) is 2.98. The molecule has 1 aliphatic rings. The molecule has 2 N–H and O–H groups in total. The first kappa shape index (κ1) is 27.4. The van der Waals surface area contributed by atoms with Gasteiger partial charge < -0.3 is 19.9 Å². The van der Waals surface area contributed by atoms with Gasteiger partial charge in [-0.3, -0.25) is 4.79 Å². The van der Waals surface area contributed by atoms with Gasteiger partial charge in [0.1, 0.15) is 5.75 Å². The number of pyridine rings is 2. The van der Waals surface area contributed by atoms with Crippen LogP contribution in [0.1, 0.15) is 29.1 Å². The summed E-state index contributed by atoms with van der Waals surface area (Å²) in [5.74, 6) is -2.55. The van der Waals surface area contributed by atoms with Crippen LogP contribution in [0.15, 0.2) is 36.7 Å². The highest BCUT2D eigenvalue weighted by molar-refractivity contribution is 7.93. The van der Waals surface area contributed by atoms with Gasteiger partial charge in [0.15, 0.2) is 34.0 Å². The van der Waals surface area contributed by atoms with E-state index in [9.17, 15) is 44.7 Å². The highest BCUT2D eigenvalue weighted by Crippen LogP contribution is 2.38. The van der Waals surface area contributed by atoms with Crippen molar-refractivity contribution in [3.05, 3.63) is 47.9 Å². The number of hydrogen-bond acceptors (Lipinski definition) is 8. The molecule has 1 amide bonds. The van der Waals surface area contributed by atoms with E-state index in [1.165, 1.54) is 28.9 Å². The van der Waals surface area contributed by atoms with Gasteiger partial charge in [0.2, 0.25) is 0 Å². The number of carbonyl (C=O) groups is 1. The summed E-state index contributed by atoms with van der Waals surface area (Å²) in [5.41, 5.74) is -1.59. The normalized spacial score (nSPS) is 17.5. The van der Waals surface area contributed by atoms with E-state index in [1.807, 2.05) is 0 Å². The molecule has 1 saturated heterocycles. The van der Waals surface area contributed by atoms with Crippen LogP contribution in [0, 0.1) is 0 Å². The van der Waals surface area contributed by atoms with Crippen LogP contribution in [0.25, 0.3) is 5.52 Å². The first-order valence-electron chi connectivity index (χ1n) is 10.6. The maximum atomic E-state index is 12.9. The molecule has 17 heteroatoms. The van der Waals surface area contributed by atoms with Gasteiger partial charge in [0.05, 0.1) is 22.6 Å². The molecule has 0 bridgehead atoms. The molecule has 206 valence electrons. The first-order valence-corrected chi connectivity index (χ1v) is 12.4. The Hall–Kier alpha value is -3.60. The summed E-state index contributed by atoms with van der Waals surface area (Å²) >= 11 is 0. The van der Waals surface area contributed by atoms with E-state index in [4.69, 9.17) is 4.74 Å². The van der Waals surface area contributed by atoms with Crippen LogP contribution in [0.4, 0.5) is 26.3 Å². The van der Waals surface area contributed by atoms with Gasteiger partial charge >= 0.3 is 12.4 Å². The number of sulfone groups is 1. The van der Waals surface area contributed by atoms with Gasteiger partial charge in [-0.25, -0.2) is 17.9 Å². The molecule has 0 unspecified atom stereocenters. The molecule has 4 rings (SSSR count). The molecule has 0 radical (unpaired) electrons. The summed E-state index contributed by atoms with van der Waals surface area (Å²) < 4.78 is 111. The molecule has 3 aromatic heterocycles. The minimum Gasteiger partial charge on any atom is -0.478 e. The van der Waals surface area contributed by atoms with Gasteiger partial charge in [0, 0.05) is 24.0 Å². The molecule has 3 aromatic rings. The average molecular weight is 568 g/mol. The van der Waals surface area contributed by atoms with Crippen LogP contribution in [-0.2, 0) is 9.84 Å². The zero-order valence-corrected chi connectivity index (χ0v) is 20.0. The second-order valence-corrected chi connectivity index (χ2v) is 10.9. The van der Waals surface area contributed by atoms with Crippen molar-refractivity contribution in [2.75, 3.05) is 18.1 Å². The highest BCUT2D eigenvalue weighted by Gasteiger charge is 2.46. The van der Waals surface area contributed by atoms with Crippen LogP contribution >= 0.6 is 0 Å². The van der Waals surface area contributed by atoms with E-state index in [2.05, 4.69) is 20.1 Å². The summed E-state index contributed by atoms with van der Waals surface area (Å²) in [6.07, 6.45) is -11.0. The SMILES string of the molecule is CC1(NC(=O)c2cc3cc(Oc4ncc([C@@H](O)C(F)(F)F)cc4OCC(F)(F)F)ccn3n2)CS(=O)(=O)C1. The van der Waals surface area contributed by atoms with E-state index >= 15 is 0 Å². The average Bonchev–Trinajstić information content (AvgIpc) is 3.19. The molecule has 4 heterocycles. The molecule has 1 aliphatic heterocycles. The number of nitrogens with one attached hydrogen (secondary N) is 1. The number of aromatic nitrogens is 3. The second kappa shape index (κ2) is 9.30. The molecule has 38 heavy (non-hydrogen) atoms. The fourth-order valence-corrected chi connectivity index (χ4v) is 5.73. The quantitative estimate of drug-likeness (QED) is 0.416. The molecule has 0 aliphatic carbocycles. The lowest BCUT2D eigenvalue weighted by molar-refractivity contribution is -0.207. The third kappa shape index (κ3) is 6.27. The van der Waals surface area contributed by atoms with Crippen LogP contribution in [0.2, 0.25) is 0 Å². The Morgan fingerprint density at radius 3 is 2.50 bits per heavy atom. The number of nitrogens with zero attached hydrogens (tertiary/aromatic N) is 3. The maximum absolute atomic E-state index is 12.9. The molecular formula is C21H18F6N4O6S. The maximum Gasteiger partial charge on any atom is 0.422 e. The Morgan fingerprint density at radius 1 is 1.21 bits per heavy atom. The zero-order valence-electron chi connectivity index (χ0n) is 19.2. The van der Waals surface area contributed by atoms with E-state index in [0.29, 0.717) is 12.3 Å². The van der Waals surface area contributed by atoms with E-state index in [1.54, 1.807) is 6.92 Å². The number of alkyl halides is 6. The van der Waals surface area contributed by atoms with Gasteiger partial charge in [-0.1, -0.05) is 0 Å². The second-order valence-electron chi connectivity index (χ2n) is 8.83. The minimum atomic E-state index is -5.10. The number of aliphatic hydroxyl groups excluding tert-OH is 1. The predicted molar refractivity (Wildman–Crippen MR) is 117 cm³/mol. The Bertz CT molecular complexity index is 1480. The van der Waals surface area contributed by atoms with Crippen molar-refractivity contribution in [2.45, 2.75) is 30.9 Å². The zero-order chi connectivity index (χ0) is 28.1. The van der Waals surface area contributed by atoms with Gasteiger partial charge in [-0.05, 0) is 25.1 Å². The van der Waals surface area contributed by atoms with Crippen molar-refractivity contribution in [3.8, 4) is 17.4 Å². The largest absolute Gasteiger partial charge is 0.478 e. The number of ether oxygens (including phenoxy) is 2. The molecule has 1 atom stereocenters. The molecular weight excluding hydrogens is 550 g/mol. The van der Waals surface area contributed by atoms with Crippen molar-refractivity contribution in [1.29, 1.82) is 0 Å². The molecule has 0 saturated carbocycles. The Kier molecular flexibility index (Phi) is 6.71. The summed E-state index contributed by atoms with van der Waals surface area (Å²) in [6, 6.07) is 4.46. The number of hydrogen-bond donors (Lipinski definition) is 2. The first-order chi connectivity index (χ1) is 17.4. The number of carbonyl (C=O) groups excluding carboxylic acids is 1. The van der Waals surface area contributed by atoms with Crippen molar-refractivity contribution in [3.63, 3.8) is 0 Å². The summed E-state index contributed by atoms with van der Waals surface area (Å²) in [7, 11) is -3.21. The summed E-state index contributed by atoms with van der Waals surface area (Å²) in [5, 5.41) is 16.1. The van der Waals surface area contributed by atoms with Gasteiger partial charge in [-0.2, -0.15) is 31.4 Å².